The van der Waals surface area contributed by atoms with Crippen LogP contribution in [0.3, 0.4) is 0 Å². The van der Waals surface area contributed by atoms with Gasteiger partial charge in [0, 0.05) is 115 Å². The molecule has 336 valence electrons. The molecule has 0 bridgehead atoms. The molecule has 2 saturated heterocycles. The number of aromatic nitrogens is 1. The summed E-state index contributed by atoms with van der Waals surface area (Å²) in [5.41, 5.74) is 7.10. The molecule has 0 aliphatic carbocycles. The molecule has 2 aliphatic rings. The van der Waals surface area contributed by atoms with Crippen molar-refractivity contribution in [2.75, 3.05) is 71.4 Å². The summed E-state index contributed by atoms with van der Waals surface area (Å²) in [7, 11) is -1.95. The van der Waals surface area contributed by atoms with Crippen LogP contribution in [0.15, 0.2) is 125 Å². The quantitative estimate of drug-likeness (QED) is 0.0878. The number of sulfonamides is 1. The lowest BCUT2D eigenvalue weighted by molar-refractivity contribution is 0.0817. The Bertz CT molecular complexity index is 2650. The van der Waals surface area contributed by atoms with Crippen molar-refractivity contribution in [1.82, 2.24) is 9.47 Å². The summed E-state index contributed by atoms with van der Waals surface area (Å²) < 4.78 is 63.1. The van der Waals surface area contributed by atoms with E-state index in [0.29, 0.717) is 53.7 Å². The fraction of sp³-hybridized carbons (Fsp3) is 0.320. The molecule has 6 aromatic rings. The van der Waals surface area contributed by atoms with Crippen LogP contribution in [0.2, 0.25) is 5.02 Å². The number of hydrogen-bond acceptors (Lipinski definition) is 8. The number of aliphatic hydroxyl groups excluding tert-OH is 1. The van der Waals surface area contributed by atoms with Crippen molar-refractivity contribution in [3.8, 4) is 22.4 Å². The number of rotatable bonds is 15. The standard InChI is InChI=1S/C50H55ClF2N6O3S2/c1-34-29-43(17-18-48(34)54-39(33-63-42-7-5-4-6-8-42)19-22-57-23-20-41(60)21-24-57)64(61,62)55-38-13-15-40(16-14-38)58-25-27-59(28-26-58)49-31-44(46(52)32-47(49)53)45-30-35(2)56(3)50(45)36-9-11-37(51)12-10-36/h4-18,29-32,39,41,54-55,60H,19-28,33H2,1-3H3/t39-/m1/s1. The lowest BCUT2D eigenvalue weighted by atomic mass is 9.99. The zero-order valence-corrected chi connectivity index (χ0v) is 38.8. The van der Waals surface area contributed by atoms with E-state index >= 15 is 8.78 Å². The maximum absolute atomic E-state index is 15.6. The molecule has 1 atom stereocenters. The first kappa shape index (κ1) is 45.5. The number of aryl methyl sites for hydroxylation is 2. The number of hydrogen-bond donors (Lipinski definition) is 3. The van der Waals surface area contributed by atoms with Crippen LogP contribution in [0.4, 0.5) is 31.5 Å². The number of nitrogens with one attached hydrogen (secondary N) is 2. The monoisotopic (exact) mass is 924 g/mol. The molecule has 0 unspecified atom stereocenters. The number of nitrogens with zero attached hydrogens (tertiary/aromatic N) is 4. The van der Waals surface area contributed by atoms with E-state index in [1.807, 2.05) is 85.0 Å². The Labute approximate surface area is 385 Å². The average molecular weight is 926 g/mol. The minimum absolute atomic E-state index is 0.147. The van der Waals surface area contributed by atoms with E-state index in [9.17, 15) is 13.5 Å². The first-order valence-electron chi connectivity index (χ1n) is 21.8. The average Bonchev–Trinajstić information content (AvgIpc) is 3.59. The zero-order valence-electron chi connectivity index (χ0n) is 36.4. The maximum Gasteiger partial charge on any atom is 0.261 e. The third-order valence-corrected chi connectivity index (χ3v) is 15.2. The highest BCUT2D eigenvalue weighted by Crippen LogP contribution is 2.39. The molecule has 2 fully saturated rings. The van der Waals surface area contributed by atoms with Gasteiger partial charge < -0.3 is 29.7 Å². The Morgan fingerprint density at radius 2 is 1.48 bits per heavy atom. The summed E-state index contributed by atoms with van der Waals surface area (Å²) >= 11 is 7.96. The molecular weight excluding hydrogens is 870 g/mol. The van der Waals surface area contributed by atoms with Crippen LogP contribution in [-0.2, 0) is 17.1 Å². The third kappa shape index (κ3) is 10.7. The minimum Gasteiger partial charge on any atom is -0.393 e. The largest absolute Gasteiger partial charge is 0.393 e. The smallest absolute Gasteiger partial charge is 0.261 e. The lowest BCUT2D eigenvalue weighted by Crippen LogP contribution is -2.46. The van der Waals surface area contributed by atoms with E-state index in [2.05, 4.69) is 32.0 Å². The number of likely N-dealkylation sites (tertiary alicyclic amines) is 1. The number of aliphatic hydroxyl groups is 1. The van der Waals surface area contributed by atoms with Gasteiger partial charge in [-0.3, -0.25) is 4.72 Å². The molecule has 3 heterocycles. The van der Waals surface area contributed by atoms with Gasteiger partial charge in [-0.1, -0.05) is 41.9 Å². The predicted molar refractivity (Wildman–Crippen MR) is 260 cm³/mol. The van der Waals surface area contributed by atoms with Gasteiger partial charge in [-0.05, 0) is 123 Å². The first-order valence-corrected chi connectivity index (χ1v) is 24.7. The Hall–Kier alpha value is -5.05. The fourth-order valence-corrected chi connectivity index (χ4v) is 10.9. The van der Waals surface area contributed by atoms with Gasteiger partial charge in [0.1, 0.15) is 11.6 Å². The molecule has 0 saturated carbocycles. The highest BCUT2D eigenvalue weighted by molar-refractivity contribution is 7.99. The van der Waals surface area contributed by atoms with Crippen molar-refractivity contribution >= 4 is 56.1 Å². The number of piperazine rings is 1. The summed E-state index contributed by atoms with van der Waals surface area (Å²) in [5, 5.41) is 14.3. The molecule has 14 heteroatoms. The van der Waals surface area contributed by atoms with Crippen LogP contribution in [0.25, 0.3) is 22.4 Å². The van der Waals surface area contributed by atoms with Crippen molar-refractivity contribution in [2.24, 2.45) is 7.05 Å². The van der Waals surface area contributed by atoms with Gasteiger partial charge in [-0.25, -0.2) is 17.2 Å². The number of halogens is 3. The molecular formula is C50H55ClF2N6O3S2. The van der Waals surface area contributed by atoms with Gasteiger partial charge in [0.05, 0.1) is 22.4 Å². The first-order chi connectivity index (χ1) is 30.8. The minimum atomic E-state index is -3.88. The molecule has 64 heavy (non-hydrogen) atoms. The van der Waals surface area contributed by atoms with Crippen molar-refractivity contribution in [1.29, 1.82) is 0 Å². The third-order valence-electron chi connectivity index (χ3n) is 12.4. The SMILES string of the molecule is Cc1cc(S(=O)(=O)Nc2ccc(N3CCN(c4cc(-c5cc(C)n(C)c5-c5ccc(Cl)cc5)c(F)cc4F)CC3)cc2)ccc1N[C@H](CCN1CCC(O)CC1)CSc1ccccc1. The number of piperidine rings is 1. The molecule has 1 aromatic heterocycles. The normalized spacial score (nSPS) is 15.7. The van der Waals surface area contributed by atoms with Crippen LogP contribution in [0.1, 0.15) is 30.5 Å². The van der Waals surface area contributed by atoms with Crippen LogP contribution < -0.4 is 19.8 Å². The van der Waals surface area contributed by atoms with E-state index in [1.54, 1.807) is 54.2 Å². The summed E-state index contributed by atoms with van der Waals surface area (Å²) in [6.07, 6.45) is 2.31. The van der Waals surface area contributed by atoms with E-state index in [0.717, 1.165) is 84.6 Å². The van der Waals surface area contributed by atoms with Crippen molar-refractivity contribution in [3.05, 3.63) is 143 Å². The Morgan fingerprint density at radius 1 is 0.797 bits per heavy atom. The maximum atomic E-state index is 15.6. The molecule has 8 rings (SSSR count). The van der Waals surface area contributed by atoms with Gasteiger partial charge in [0.15, 0.2) is 0 Å². The second-order valence-corrected chi connectivity index (χ2v) is 20.0. The fourth-order valence-electron chi connectivity index (χ4n) is 8.62. The van der Waals surface area contributed by atoms with E-state index in [-0.39, 0.29) is 17.0 Å². The molecule has 0 radical (unpaired) electrons. The number of anilines is 4. The van der Waals surface area contributed by atoms with Crippen LogP contribution >= 0.6 is 23.4 Å². The highest BCUT2D eigenvalue weighted by atomic mass is 35.5. The van der Waals surface area contributed by atoms with Crippen LogP contribution in [0, 0.1) is 25.5 Å². The van der Waals surface area contributed by atoms with Gasteiger partial charge in [-0.15, -0.1) is 11.8 Å². The van der Waals surface area contributed by atoms with Crippen molar-refractivity contribution in [2.45, 2.75) is 55.0 Å². The number of benzene rings is 5. The topological polar surface area (TPSA) is 93.1 Å². The van der Waals surface area contributed by atoms with Gasteiger partial charge >= 0.3 is 0 Å². The van der Waals surface area contributed by atoms with Gasteiger partial charge in [0.25, 0.3) is 10.0 Å². The molecule has 0 spiro atoms. The highest BCUT2D eigenvalue weighted by Gasteiger charge is 2.25. The summed E-state index contributed by atoms with van der Waals surface area (Å²) in [6, 6.07) is 34.9. The molecule has 5 aromatic carbocycles. The molecule has 9 nitrogen and oxygen atoms in total. The summed E-state index contributed by atoms with van der Waals surface area (Å²) in [4.78, 5) is 7.91. The van der Waals surface area contributed by atoms with E-state index < -0.39 is 21.7 Å². The second kappa shape index (κ2) is 20.0. The van der Waals surface area contributed by atoms with Gasteiger partial charge in [0.2, 0.25) is 0 Å². The molecule has 0 amide bonds. The van der Waals surface area contributed by atoms with Crippen molar-refractivity contribution in [3.63, 3.8) is 0 Å². The van der Waals surface area contributed by atoms with Crippen molar-refractivity contribution < 1.29 is 22.3 Å². The Balaban J connectivity index is 0.893. The predicted octanol–water partition coefficient (Wildman–Crippen LogP) is 10.5. The summed E-state index contributed by atoms with van der Waals surface area (Å²) in [6.45, 7) is 8.78. The Kier molecular flexibility index (Phi) is 14.2. The summed E-state index contributed by atoms with van der Waals surface area (Å²) in [5.74, 6) is -0.384. The Morgan fingerprint density at radius 3 is 2.17 bits per heavy atom. The zero-order chi connectivity index (χ0) is 45.0. The lowest BCUT2D eigenvalue weighted by Gasteiger charge is -2.37. The van der Waals surface area contributed by atoms with E-state index in [1.165, 1.54) is 4.90 Å². The van der Waals surface area contributed by atoms with Crippen LogP contribution in [0.5, 0.6) is 0 Å². The van der Waals surface area contributed by atoms with Gasteiger partial charge in [-0.2, -0.15) is 0 Å². The molecule has 3 N–H and O–H groups in total. The second-order valence-electron chi connectivity index (χ2n) is 16.8. The molecule has 2 aliphatic heterocycles. The van der Waals surface area contributed by atoms with Crippen LogP contribution in [-0.4, -0.2) is 86.7 Å². The number of thioether (sulfide) groups is 1. The van der Waals surface area contributed by atoms with E-state index in [4.69, 9.17) is 11.6 Å².